The van der Waals surface area contributed by atoms with Crippen molar-refractivity contribution in [3.63, 3.8) is 0 Å². The molecule has 0 aliphatic heterocycles. The van der Waals surface area contributed by atoms with E-state index in [0.29, 0.717) is 5.88 Å². The standard InChI is InChI=1S/C6H10Cl2.C5H8Cl2.C5H9Cl.C4H7Cl/c1-3-4-6(8)5(2)7;1-2-3-5(7)4-6;1-3-4-5(2)6;1-3-4(2)5/h4-5H,3H2,1-2H3;3H,2,4H2,1H3;3-5H,1-2H3;3-4H,1H2,2H3. The highest BCUT2D eigenvalue weighted by Gasteiger charge is 1.97. The zero-order valence-electron chi connectivity index (χ0n) is 16.7. The minimum absolute atomic E-state index is 0.0309. The van der Waals surface area contributed by atoms with E-state index >= 15 is 0 Å². The molecular weight excluding hydrogens is 453 g/mol. The van der Waals surface area contributed by atoms with Crippen LogP contribution in [0.3, 0.4) is 0 Å². The fourth-order valence-corrected chi connectivity index (χ4v) is 1.55. The molecule has 0 aliphatic rings. The van der Waals surface area contributed by atoms with Gasteiger partial charge in [-0.15, -0.1) is 53.0 Å². The number of allylic oxidation sites excluding steroid dienone is 7. The van der Waals surface area contributed by atoms with E-state index in [4.69, 9.17) is 69.6 Å². The number of hydrogen-bond donors (Lipinski definition) is 0. The van der Waals surface area contributed by atoms with Crippen LogP contribution < -0.4 is 0 Å². The molecule has 3 unspecified atom stereocenters. The van der Waals surface area contributed by atoms with Crippen LogP contribution in [0.1, 0.15) is 54.4 Å². The first kappa shape index (κ1) is 34.2. The zero-order valence-corrected chi connectivity index (χ0v) is 21.3. The van der Waals surface area contributed by atoms with Crippen LogP contribution in [-0.2, 0) is 0 Å². The van der Waals surface area contributed by atoms with E-state index in [1.54, 1.807) is 6.08 Å². The fourth-order valence-electron chi connectivity index (χ4n) is 0.899. The highest BCUT2D eigenvalue weighted by atomic mass is 35.5. The van der Waals surface area contributed by atoms with Gasteiger partial charge in [0, 0.05) is 20.8 Å². The van der Waals surface area contributed by atoms with E-state index in [-0.39, 0.29) is 16.1 Å². The second-order valence-corrected chi connectivity index (χ2v) is 8.14. The Bertz CT molecular complexity index is 368. The topological polar surface area (TPSA) is 0 Å². The highest BCUT2D eigenvalue weighted by Crippen LogP contribution is 2.13. The van der Waals surface area contributed by atoms with Crippen molar-refractivity contribution in [2.45, 2.75) is 70.5 Å². The van der Waals surface area contributed by atoms with Gasteiger partial charge in [0.05, 0.1) is 11.3 Å². The summed E-state index contributed by atoms with van der Waals surface area (Å²) < 4.78 is 0. The van der Waals surface area contributed by atoms with Gasteiger partial charge in [0.2, 0.25) is 0 Å². The molecule has 0 heterocycles. The third-order valence-corrected chi connectivity index (χ3v) is 3.98. The summed E-state index contributed by atoms with van der Waals surface area (Å²) in [6.07, 6.45) is 11.3. The minimum atomic E-state index is -0.0309. The first-order valence-electron chi connectivity index (χ1n) is 8.47. The first-order valence-corrected chi connectivity index (χ1v) is 11.1. The lowest BCUT2D eigenvalue weighted by molar-refractivity contribution is 1.14. The lowest BCUT2D eigenvalue weighted by Gasteiger charge is -1.96. The summed E-state index contributed by atoms with van der Waals surface area (Å²) in [5.41, 5.74) is 0. The van der Waals surface area contributed by atoms with E-state index in [2.05, 4.69) is 6.58 Å². The third-order valence-electron chi connectivity index (χ3n) is 2.11. The van der Waals surface area contributed by atoms with Gasteiger partial charge in [-0.05, 0) is 40.5 Å². The zero-order chi connectivity index (χ0) is 21.5. The summed E-state index contributed by atoms with van der Waals surface area (Å²) in [6.45, 7) is 15.1. The Labute approximate surface area is 192 Å². The van der Waals surface area contributed by atoms with Crippen LogP contribution >= 0.6 is 69.6 Å². The molecule has 0 saturated carbocycles. The average Bonchev–Trinajstić information content (AvgIpc) is 2.56. The monoisotopic (exact) mass is 484 g/mol. The molecule has 0 aromatic rings. The van der Waals surface area contributed by atoms with Gasteiger partial charge in [0.1, 0.15) is 0 Å². The summed E-state index contributed by atoms with van der Waals surface area (Å²) >= 11 is 32.9. The summed E-state index contributed by atoms with van der Waals surface area (Å²) in [4.78, 5) is 0. The van der Waals surface area contributed by atoms with Crippen molar-refractivity contribution < 1.29 is 0 Å². The van der Waals surface area contributed by atoms with Crippen molar-refractivity contribution in [2.75, 3.05) is 5.88 Å². The maximum atomic E-state index is 5.65. The Morgan fingerprint density at radius 1 is 0.923 bits per heavy atom. The van der Waals surface area contributed by atoms with E-state index in [9.17, 15) is 0 Å². The quantitative estimate of drug-likeness (QED) is 0.258. The number of alkyl halides is 4. The van der Waals surface area contributed by atoms with E-state index in [0.717, 1.165) is 22.9 Å². The Morgan fingerprint density at radius 2 is 1.35 bits per heavy atom. The molecule has 6 heteroatoms. The SMILES string of the molecule is C=CC(C)Cl.CC=CC(C)Cl.CCC=C(Cl)C(C)Cl.CCC=C(Cl)CCl. The van der Waals surface area contributed by atoms with Gasteiger partial charge < -0.3 is 0 Å². The number of hydrogen-bond acceptors (Lipinski definition) is 0. The Morgan fingerprint density at radius 3 is 1.42 bits per heavy atom. The predicted molar refractivity (Wildman–Crippen MR) is 130 cm³/mol. The van der Waals surface area contributed by atoms with Crippen molar-refractivity contribution in [3.05, 3.63) is 47.0 Å². The largest absolute Gasteiger partial charge is 0.121 e. The van der Waals surface area contributed by atoms with Crippen molar-refractivity contribution in [1.82, 2.24) is 0 Å². The minimum Gasteiger partial charge on any atom is -0.121 e. The van der Waals surface area contributed by atoms with E-state index < -0.39 is 0 Å². The molecule has 26 heavy (non-hydrogen) atoms. The molecule has 0 aromatic heterocycles. The average molecular weight is 487 g/mol. The van der Waals surface area contributed by atoms with Gasteiger partial charge in [-0.3, -0.25) is 0 Å². The van der Waals surface area contributed by atoms with Gasteiger partial charge in [-0.1, -0.05) is 67.4 Å². The molecule has 0 aliphatic carbocycles. The molecule has 0 saturated heterocycles. The van der Waals surface area contributed by atoms with Crippen LogP contribution in [0, 0.1) is 0 Å². The van der Waals surface area contributed by atoms with Gasteiger partial charge in [-0.25, -0.2) is 0 Å². The van der Waals surface area contributed by atoms with Gasteiger partial charge in [0.25, 0.3) is 0 Å². The highest BCUT2D eigenvalue weighted by molar-refractivity contribution is 6.37. The molecule has 3 atom stereocenters. The lowest BCUT2D eigenvalue weighted by Crippen LogP contribution is -1.87. The molecule has 0 N–H and O–H groups in total. The van der Waals surface area contributed by atoms with Crippen LogP contribution in [0.5, 0.6) is 0 Å². The van der Waals surface area contributed by atoms with Gasteiger partial charge in [-0.2, -0.15) is 0 Å². The van der Waals surface area contributed by atoms with Crippen LogP contribution in [0.25, 0.3) is 0 Å². The second-order valence-electron chi connectivity index (χ2n) is 4.92. The van der Waals surface area contributed by atoms with Crippen molar-refractivity contribution >= 4 is 69.6 Å². The Hall–Kier alpha value is 0.700. The maximum Gasteiger partial charge on any atom is 0.0660 e. The molecule has 0 aromatic carbocycles. The van der Waals surface area contributed by atoms with Crippen molar-refractivity contribution in [2.24, 2.45) is 0 Å². The molecule has 0 radical (unpaired) electrons. The van der Waals surface area contributed by atoms with Gasteiger partial charge in [0.15, 0.2) is 0 Å². The fraction of sp³-hybridized carbons (Fsp3) is 0.600. The predicted octanol–water partition coefficient (Wildman–Crippen LogP) is 9.89. The molecule has 0 fully saturated rings. The summed E-state index contributed by atoms with van der Waals surface area (Å²) in [6, 6.07) is 0. The summed E-state index contributed by atoms with van der Waals surface area (Å²) in [5, 5.41) is 1.76. The molecule has 0 amide bonds. The van der Waals surface area contributed by atoms with E-state index in [1.807, 2.05) is 65.8 Å². The van der Waals surface area contributed by atoms with E-state index in [1.165, 1.54) is 0 Å². The van der Waals surface area contributed by atoms with Crippen molar-refractivity contribution in [3.8, 4) is 0 Å². The van der Waals surface area contributed by atoms with Gasteiger partial charge >= 0.3 is 0 Å². The normalized spacial score (nSPS) is 14.6. The molecule has 0 spiro atoms. The molecule has 0 bridgehead atoms. The Balaban J connectivity index is -0.000000126. The molecular formula is C20H34Cl6. The summed E-state index contributed by atoms with van der Waals surface area (Å²) in [7, 11) is 0. The van der Waals surface area contributed by atoms with Crippen LogP contribution in [0.15, 0.2) is 47.0 Å². The lowest BCUT2D eigenvalue weighted by atomic mass is 10.3. The molecule has 0 rings (SSSR count). The third kappa shape index (κ3) is 44.3. The number of halogens is 6. The van der Waals surface area contributed by atoms with Crippen molar-refractivity contribution in [1.29, 1.82) is 0 Å². The van der Waals surface area contributed by atoms with Crippen LogP contribution in [-0.4, -0.2) is 22.0 Å². The maximum absolute atomic E-state index is 5.65. The smallest absolute Gasteiger partial charge is 0.0660 e. The second kappa shape index (κ2) is 27.9. The summed E-state index contributed by atoms with van der Waals surface area (Å²) in [5.74, 6) is 0.440. The van der Waals surface area contributed by atoms with Crippen LogP contribution in [0.2, 0.25) is 0 Å². The Kier molecular flexibility index (Phi) is 36.7. The first-order chi connectivity index (χ1) is 12.0. The number of rotatable bonds is 6. The molecule has 0 nitrogen and oxygen atoms in total. The molecule has 156 valence electrons. The van der Waals surface area contributed by atoms with Crippen LogP contribution in [0.4, 0.5) is 0 Å².